The fourth-order valence-corrected chi connectivity index (χ4v) is 4.41. The number of halogens is 7. The molecule has 0 unspecified atom stereocenters. The van der Waals surface area contributed by atoms with E-state index in [1.54, 1.807) is 0 Å². The van der Waals surface area contributed by atoms with Crippen molar-refractivity contribution in [2.24, 2.45) is 0 Å². The number of hydrogen-bond acceptors (Lipinski definition) is 6. The van der Waals surface area contributed by atoms with Crippen molar-refractivity contribution in [2.75, 3.05) is 23.4 Å². The molecule has 0 aliphatic carbocycles. The lowest BCUT2D eigenvalue weighted by molar-refractivity contribution is -0.146. The van der Waals surface area contributed by atoms with Crippen LogP contribution in [0.25, 0.3) is 5.65 Å². The van der Waals surface area contributed by atoms with E-state index in [1.807, 2.05) is 5.48 Å². The summed E-state index contributed by atoms with van der Waals surface area (Å²) in [5, 5.41) is 6.14. The summed E-state index contributed by atoms with van der Waals surface area (Å²) in [7, 11) is 0. The van der Waals surface area contributed by atoms with Crippen molar-refractivity contribution < 1.29 is 40.8 Å². The maximum Gasteiger partial charge on any atom is 0.418 e. The number of anilines is 2. The van der Waals surface area contributed by atoms with Gasteiger partial charge >= 0.3 is 18.4 Å². The monoisotopic (exact) mass is 565 g/mol. The number of hydroxylamine groups is 1. The Morgan fingerprint density at radius 1 is 1.16 bits per heavy atom. The predicted molar refractivity (Wildman–Crippen MR) is 121 cm³/mol. The summed E-state index contributed by atoms with van der Waals surface area (Å²) in [6, 6.07) is 0.747. The summed E-state index contributed by atoms with van der Waals surface area (Å²) in [4.78, 5) is 38.3. The number of aromatic nitrogens is 4. The Morgan fingerprint density at radius 3 is 2.50 bits per heavy atom. The lowest BCUT2D eigenvalue weighted by Crippen LogP contribution is -2.40. The summed E-state index contributed by atoms with van der Waals surface area (Å²) >= 11 is 5.91. The number of urea groups is 1. The van der Waals surface area contributed by atoms with Gasteiger partial charge < -0.3 is 5.32 Å². The van der Waals surface area contributed by atoms with E-state index in [2.05, 4.69) is 25.2 Å². The molecule has 3 aromatic rings. The summed E-state index contributed by atoms with van der Waals surface area (Å²) in [6.45, 7) is 2.25. The van der Waals surface area contributed by atoms with Gasteiger partial charge in [-0.3, -0.25) is 14.5 Å². The van der Waals surface area contributed by atoms with E-state index in [-0.39, 0.29) is 28.8 Å². The van der Waals surface area contributed by atoms with Crippen LogP contribution in [0.5, 0.6) is 0 Å². The smallest absolute Gasteiger partial charge is 0.306 e. The zero-order valence-corrected chi connectivity index (χ0v) is 20.3. The number of alkyl halides is 6. The minimum Gasteiger partial charge on any atom is -0.306 e. The molecule has 3 aromatic heterocycles. The molecule has 38 heavy (non-hydrogen) atoms. The Morgan fingerprint density at radius 2 is 1.87 bits per heavy atom. The highest BCUT2D eigenvalue weighted by molar-refractivity contribution is 6.29. The molecule has 0 saturated heterocycles. The number of carbonyl (C=O) groups is 2. The first-order valence-electron chi connectivity index (χ1n) is 10.8. The fraction of sp³-hybridized carbons (Fsp3) is 0.381. The molecule has 0 fully saturated rings. The zero-order chi connectivity index (χ0) is 28.0. The minimum atomic E-state index is -5.03. The van der Waals surface area contributed by atoms with E-state index in [1.165, 1.54) is 19.9 Å². The molecule has 2 N–H and O–H groups in total. The summed E-state index contributed by atoms with van der Waals surface area (Å²) < 4.78 is 82.6. The number of pyridine rings is 1. The molecule has 4 heterocycles. The van der Waals surface area contributed by atoms with E-state index in [0.717, 1.165) is 21.8 Å². The normalized spacial score (nSPS) is 17.6. The van der Waals surface area contributed by atoms with E-state index in [0.29, 0.717) is 6.07 Å². The van der Waals surface area contributed by atoms with Gasteiger partial charge in [0, 0.05) is 18.0 Å². The average molecular weight is 566 g/mol. The number of nitrogens with one attached hydrogen (secondary N) is 2. The van der Waals surface area contributed by atoms with Crippen molar-refractivity contribution in [1.29, 1.82) is 0 Å². The quantitative estimate of drug-likeness (QED) is 0.341. The van der Waals surface area contributed by atoms with Crippen LogP contribution >= 0.6 is 11.6 Å². The SMILES string of the molecule is CCONC(=O)c1ncc(NC(=O)N2C[C@@](C)(CC(F)(F)F)c3c2cnc2cc(Cl)nn32)cc1C(F)(F)F. The van der Waals surface area contributed by atoms with E-state index >= 15 is 0 Å². The standard InChI is InChI=1S/C21H18ClF6N7O3/c1-3-38-33-17(36)15-11(21(26,27)28)4-10(6-30-15)31-18(37)34-9-19(2,8-20(23,24)25)16-12(34)7-29-14-5-13(22)32-35(14)16/h4-7H,3,8-9H2,1-2H3,(H,31,37)(H,33,36)/t19-/m1/s1. The average Bonchev–Trinajstić information content (AvgIpc) is 3.31. The van der Waals surface area contributed by atoms with Crippen molar-refractivity contribution in [2.45, 2.75) is 38.0 Å². The van der Waals surface area contributed by atoms with Crippen LogP contribution in [0.3, 0.4) is 0 Å². The van der Waals surface area contributed by atoms with E-state index < -0.39 is 59.6 Å². The lowest BCUT2D eigenvalue weighted by Gasteiger charge is -2.26. The third kappa shape index (κ3) is 5.31. The number of carbonyl (C=O) groups excluding carboxylic acids is 2. The highest BCUT2D eigenvalue weighted by atomic mass is 35.5. The van der Waals surface area contributed by atoms with Crippen molar-refractivity contribution in [3.05, 3.63) is 46.6 Å². The van der Waals surface area contributed by atoms with Crippen molar-refractivity contribution in [3.63, 3.8) is 0 Å². The third-order valence-electron chi connectivity index (χ3n) is 5.61. The van der Waals surface area contributed by atoms with Gasteiger partial charge in [-0.15, -0.1) is 0 Å². The van der Waals surface area contributed by atoms with Gasteiger partial charge in [-0.2, -0.15) is 31.4 Å². The summed E-state index contributed by atoms with van der Waals surface area (Å²) in [6.07, 6.45) is -9.04. The molecule has 0 aromatic carbocycles. The van der Waals surface area contributed by atoms with Crippen LogP contribution in [0.1, 0.15) is 42.0 Å². The Kier molecular flexibility index (Phi) is 6.90. The minimum absolute atomic E-state index is 0.000997. The second-order valence-electron chi connectivity index (χ2n) is 8.58. The number of amides is 3. The van der Waals surface area contributed by atoms with Gasteiger partial charge in [-0.25, -0.2) is 24.8 Å². The molecule has 0 bridgehead atoms. The van der Waals surface area contributed by atoms with Crippen LogP contribution in [-0.2, 0) is 16.4 Å². The van der Waals surface area contributed by atoms with Gasteiger partial charge in [0.05, 0.1) is 48.1 Å². The second kappa shape index (κ2) is 9.58. The van der Waals surface area contributed by atoms with Gasteiger partial charge in [-0.05, 0) is 13.0 Å². The molecule has 1 aliphatic rings. The Balaban J connectivity index is 1.70. The highest BCUT2D eigenvalue weighted by Crippen LogP contribution is 2.46. The molecule has 17 heteroatoms. The molecular weight excluding hydrogens is 548 g/mol. The van der Waals surface area contributed by atoms with Crippen LogP contribution in [-0.4, -0.2) is 50.8 Å². The molecule has 0 saturated carbocycles. The van der Waals surface area contributed by atoms with Crippen LogP contribution in [0.4, 0.5) is 42.5 Å². The number of fused-ring (bicyclic) bond motifs is 3. The van der Waals surface area contributed by atoms with Crippen molar-refractivity contribution in [1.82, 2.24) is 25.1 Å². The van der Waals surface area contributed by atoms with E-state index in [4.69, 9.17) is 11.6 Å². The molecule has 10 nitrogen and oxygen atoms in total. The largest absolute Gasteiger partial charge is 0.418 e. The maximum absolute atomic E-state index is 13.6. The molecule has 1 atom stereocenters. The van der Waals surface area contributed by atoms with Gasteiger partial charge in [-0.1, -0.05) is 18.5 Å². The first kappa shape index (κ1) is 27.4. The van der Waals surface area contributed by atoms with Crippen LogP contribution in [0, 0.1) is 0 Å². The Bertz CT molecular complexity index is 1410. The third-order valence-corrected chi connectivity index (χ3v) is 5.79. The molecule has 3 amide bonds. The molecule has 4 rings (SSSR count). The van der Waals surface area contributed by atoms with Gasteiger partial charge in [0.2, 0.25) is 0 Å². The number of hydrogen-bond donors (Lipinski definition) is 2. The zero-order valence-electron chi connectivity index (χ0n) is 19.5. The molecule has 204 valence electrons. The van der Waals surface area contributed by atoms with Crippen LogP contribution < -0.4 is 15.7 Å². The fourth-order valence-electron chi connectivity index (χ4n) is 4.24. The van der Waals surface area contributed by atoms with Gasteiger partial charge in [0.25, 0.3) is 5.91 Å². The first-order chi connectivity index (χ1) is 17.6. The van der Waals surface area contributed by atoms with Crippen LogP contribution in [0.15, 0.2) is 24.5 Å². The second-order valence-corrected chi connectivity index (χ2v) is 8.97. The lowest BCUT2D eigenvalue weighted by atomic mass is 9.84. The molecule has 0 spiro atoms. The van der Waals surface area contributed by atoms with Gasteiger partial charge in [0.15, 0.2) is 10.8 Å². The Hall–Kier alpha value is -3.66. The van der Waals surface area contributed by atoms with E-state index in [9.17, 15) is 35.9 Å². The summed E-state index contributed by atoms with van der Waals surface area (Å²) in [5.41, 5.74) is -2.72. The number of nitrogens with zero attached hydrogens (tertiary/aromatic N) is 5. The molecule has 1 aliphatic heterocycles. The first-order valence-corrected chi connectivity index (χ1v) is 11.2. The topological polar surface area (TPSA) is 114 Å². The van der Waals surface area contributed by atoms with Crippen molar-refractivity contribution in [3.8, 4) is 0 Å². The van der Waals surface area contributed by atoms with Crippen LogP contribution in [0.2, 0.25) is 5.15 Å². The van der Waals surface area contributed by atoms with Gasteiger partial charge in [0.1, 0.15) is 5.69 Å². The highest BCUT2D eigenvalue weighted by Gasteiger charge is 2.50. The maximum atomic E-state index is 13.6. The number of rotatable bonds is 5. The van der Waals surface area contributed by atoms with Crippen molar-refractivity contribution >= 4 is 40.6 Å². The predicted octanol–water partition coefficient (Wildman–Crippen LogP) is 4.74. The summed E-state index contributed by atoms with van der Waals surface area (Å²) in [5.74, 6) is -1.26. The Labute approximate surface area is 214 Å². The molecule has 0 radical (unpaired) electrons. The molecular formula is C21H18ClF6N7O3.